The normalized spacial score (nSPS) is 23.3. The maximum atomic E-state index is 12.7. The quantitative estimate of drug-likeness (QED) is 0.925. The minimum absolute atomic E-state index is 0.0208. The number of amides is 1. The molecule has 0 bridgehead atoms. The van der Waals surface area contributed by atoms with Gasteiger partial charge >= 0.3 is 6.18 Å². The molecule has 1 amide bonds. The third-order valence-corrected chi connectivity index (χ3v) is 5.11. The third-order valence-electron chi connectivity index (χ3n) is 5.11. The Kier molecular flexibility index (Phi) is 4.36. The van der Waals surface area contributed by atoms with Crippen molar-refractivity contribution in [3.8, 4) is 0 Å². The Morgan fingerprint density at radius 3 is 2.61 bits per heavy atom. The van der Waals surface area contributed by atoms with Crippen molar-refractivity contribution in [2.45, 2.75) is 44.3 Å². The van der Waals surface area contributed by atoms with Crippen LogP contribution in [0.2, 0.25) is 0 Å². The fourth-order valence-electron chi connectivity index (χ4n) is 3.59. The molecule has 1 saturated heterocycles. The van der Waals surface area contributed by atoms with Gasteiger partial charge in [0.25, 0.3) is 0 Å². The monoisotopic (exact) mass is 327 g/mol. The fourth-order valence-corrected chi connectivity index (χ4v) is 3.59. The van der Waals surface area contributed by atoms with Crippen LogP contribution < -0.4 is 5.32 Å². The minimum atomic E-state index is -4.38. The highest BCUT2D eigenvalue weighted by molar-refractivity contribution is 5.79. The van der Waals surface area contributed by atoms with Gasteiger partial charge in [0, 0.05) is 19.3 Å². The van der Waals surface area contributed by atoms with Crippen LogP contribution in [0.5, 0.6) is 0 Å². The summed E-state index contributed by atoms with van der Waals surface area (Å²) >= 11 is 0. The van der Waals surface area contributed by atoms with Crippen molar-refractivity contribution < 1.29 is 22.7 Å². The van der Waals surface area contributed by atoms with Crippen LogP contribution in [-0.2, 0) is 22.1 Å². The molecular formula is C17H20F3NO2. The number of alkyl halides is 3. The molecule has 1 unspecified atom stereocenters. The van der Waals surface area contributed by atoms with Gasteiger partial charge in [0.2, 0.25) is 5.91 Å². The van der Waals surface area contributed by atoms with Crippen LogP contribution in [0.1, 0.15) is 36.8 Å². The van der Waals surface area contributed by atoms with Crippen molar-refractivity contribution in [3.63, 3.8) is 0 Å². The van der Waals surface area contributed by atoms with Crippen LogP contribution in [0.15, 0.2) is 24.3 Å². The van der Waals surface area contributed by atoms with E-state index in [1.54, 1.807) is 6.07 Å². The molecule has 0 radical (unpaired) electrons. The largest absolute Gasteiger partial charge is 0.416 e. The summed E-state index contributed by atoms with van der Waals surface area (Å²) in [4.78, 5) is 12.2. The van der Waals surface area contributed by atoms with Crippen LogP contribution in [0, 0.1) is 5.41 Å². The number of rotatable bonds is 3. The summed E-state index contributed by atoms with van der Waals surface area (Å²) in [5.74, 6) is -0.208. The van der Waals surface area contributed by atoms with E-state index in [1.165, 1.54) is 6.07 Å². The maximum Gasteiger partial charge on any atom is 0.416 e. The molecule has 1 N–H and O–H groups in total. The topological polar surface area (TPSA) is 38.3 Å². The first kappa shape index (κ1) is 16.3. The number of halogens is 3. The van der Waals surface area contributed by atoms with Gasteiger partial charge in [-0.25, -0.2) is 0 Å². The minimum Gasteiger partial charge on any atom is -0.381 e. The van der Waals surface area contributed by atoms with Crippen LogP contribution in [0.4, 0.5) is 13.2 Å². The Morgan fingerprint density at radius 2 is 2.00 bits per heavy atom. The molecule has 2 aliphatic rings. The lowest BCUT2D eigenvalue weighted by Gasteiger charge is -2.52. The Labute approximate surface area is 133 Å². The predicted molar refractivity (Wildman–Crippen MR) is 78.8 cm³/mol. The molecule has 1 aliphatic carbocycles. The lowest BCUT2D eigenvalue weighted by Crippen LogP contribution is -2.57. The van der Waals surface area contributed by atoms with Crippen molar-refractivity contribution in [3.05, 3.63) is 35.4 Å². The van der Waals surface area contributed by atoms with E-state index in [0.717, 1.165) is 51.0 Å². The molecule has 126 valence electrons. The molecule has 3 nitrogen and oxygen atoms in total. The highest BCUT2D eigenvalue weighted by Gasteiger charge is 2.47. The average molecular weight is 327 g/mol. The van der Waals surface area contributed by atoms with Gasteiger partial charge in [0.15, 0.2) is 0 Å². The van der Waals surface area contributed by atoms with Crippen molar-refractivity contribution in [1.29, 1.82) is 0 Å². The van der Waals surface area contributed by atoms with E-state index in [1.807, 2.05) is 0 Å². The number of hydrogen-bond acceptors (Lipinski definition) is 2. The molecule has 6 heteroatoms. The van der Waals surface area contributed by atoms with Gasteiger partial charge in [-0.15, -0.1) is 0 Å². The van der Waals surface area contributed by atoms with Crippen molar-refractivity contribution in [2.75, 3.05) is 13.2 Å². The van der Waals surface area contributed by atoms with Crippen molar-refractivity contribution in [2.24, 2.45) is 5.41 Å². The zero-order chi connectivity index (χ0) is 16.5. The van der Waals surface area contributed by atoms with Crippen LogP contribution in [0.25, 0.3) is 0 Å². The maximum absolute atomic E-state index is 12.7. The second-order valence-corrected chi connectivity index (χ2v) is 6.51. The van der Waals surface area contributed by atoms with Gasteiger partial charge in [-0.1, -0.05) is 18.2 Å². The lowest BCUT2D eigenvalue weighted by molar-refractivity contribution is -0.137. The number of carbonyl (C=O) groups excluding carboxylic acids is 1. The van der Waals surface area contributed by atoms with E-state index in [4.69, 9.17) is 4.74 Å². The van der Waals surface area contributed by atoms with E-state index in [-0.39, 0.29) is 23.8 Å². The number of ether oxygens (including phenoxy) is 1. The summed E-state index contributed by atoms with van der Waals surface area (Å²) in [5.41, 5.74) is -0.188. The van der Waals surface area contributed by atoms with E-state index in [0.29, 0.717) is 5.56 Å². The Balaban J connectivity index is 1.60. The zero-order valence-electron chi connectivity index (χ0n) is 12.8. The van der Waals surface area contributed by atoms with E-state index in [9.17, 15) is 18.0 Å². The van der Waals surface area contributed by atoms with Crippen LogP contribution in [-0.4, -0.2) is 25.2 Å². The molecule has 2 fully saturated rings. The molecular weight excluding hydrogens is 307 g/mol. The number of hydrogen-bond donors (Lipinski definition) is 1. The van der Waals surface area contributed by atoms with E-state index >= 15 is 0 Å². The Hall–Kier alpha value is -1.56. The second kappa shape index (κ2) is 6.15. The molecule has 1 spiro atoms. The molecule has 1 atom stereocenters. The third kappa shape index (κ3) is 3.52. The first-order chi connectivity index (χ1) is 10.9. The summed E-state index contributed by atoms with van der Waals surface area (Å²) in [6, 6.07) is 5.09. The molecule has 0 aromatic heterocycles. The molecule has 1 saturated carbocycles. The van der Waals surface area contributed by atoms with Crippen molar-refractivity contribution >= 4 is 5.91 Å². The van der Waals surface area contributed by atoms with Gasteiger partial charge < -0.3 is 10.1 Å². The van der Waals surface area contributed by atoms with Gasteiger partial charge in [0.1, 0.15) is 0 Å². The van der Waals surface area contributed by atoms with Crippen molar-refractivity contribution in [1.82, 2.24) is 5.32 Å². The Bertz CT molecular complexity index is 579. The van der Waals surface area contributed by atoms with E-state index in [2.05, 4.69) is 5.32 Å². The van der Waals surface area contributed by atoms with Crippen LogP contribution >= 0.6 is 0 Å². The SMILES string of the molecule is O=C(Cc1cccc(C(F)(F)F)c1)NC1CCC12CCOCC2. The van der Waals surface area contributed by atoms with Crippen LogP contribution in [0.3, 0.4) is 0 Å². The molecule has 1 aromatic rings. The summed E-state index contributed by atoms with van der Waals surface area (Å²) in [7, 11) is 0. The molecule has 3 rings (SSSR count). The number of benzene rings is 1. The van der Waals surface area contributed by atoms with Gasteiger partial charge in [-0.3, -0.25) is 4.79 Å². The summed E-state index contributed by atoms with van der Waals surface area (Å²) in [6.45, 7) is 1.44. The van der Waals surface area contributed by atoms with Gasteiger partial charge in [-0.2, -0.15) is 13.2 Å². The predicted octanol–water partition coefficient (Wildman–Crippen LogP) is 3.32. The van der Waals surface area contributed by atoms with E-state index < -0.39 is 11.7 Å². The fraction of sp³-hybridized carbons (Fsp3) is 0.588. The molecule has 1 heterocycles. The summed E-state index contributed by atoms with van der Waals surface area (Å²) in [6.07, 6.45) is -0.484. The highest BCUT2D eigenvalue weighted by atomic mass is 19.4. The smallest absolute Gasteiger partial charge is 0.381 e. The zero-order valence-corrected chi connectivity index (χ0v) is 12.8. The molecule has 1 aromatic carbocycles. The number of carbonyl (C=O) groups is 1. The second-order valence-electron chi connectivity index (χ2n) is 6.51. The van der Waals surface area contributed by atoms with Gasteiger partial charge in [-0.05, 0) is 42.7 Å². The summed E-state index contributed by atoms with van der Waals surface area (Å²) < 4.78 is 43.5. The van der Waals surface area contributed by atoms with Gasteiger partial charge in [0.05, 0.1) is 12.0 Å². The lowest BCUT2D eigenvalue weighted by atomic mass is 9.60. The first-order valence-corrected chi connectivity index (χ1v) is 7.92. The Morgan fingerprint density at radius 1 is 1.26 bits per heavy atom. The molecule has 23 heavy (non-hydrogen) atoms. The first-order valence-electron chi connectivity index (χ1n) is 7.92. The highest BCUT2D eigenvalue weighted by Crippen LogP contribution is 2.48. The summed E-state index contributed by atoms with van der Waals surface area (Å²) in [5, 5.41) is 3.01. The number of nitrogens with one attached hydrogen (secondary N) is 1. The average Bonchev–Trinajstić information content (AvgIpc) is 2.52. The molecule has 1 aliphatic heterocycles. The standard InChI is InChI=1S/C17H20F3NO2/c18-17(19,20)13-3-1-2-12(10-13)11-15(22)21-14-4-5-16(14)6-8-23-9-7-16/h1-3,10,14H,4-9,11H2,(H,21,22).